The van der Waals surface area contributed by atoms with E-state index in [9.17, 15) is 0 Å². The minimum Gasteiger partial charge on any atom is -0.365 e. The molecule has 32 heavy (non-hydrogen) atoms. The number of rotatable bonds is 5. The number of aromatic nitrogens is 8. The van der Waals surface area contributed by atoms with E-state index in [1.807, 2.05) is 25.6 Å². The van der Waals surface area contributed by atoms with E-state index in [-0.39, 0.29) is 6.04 Å². The third-order valence-corrected chi connectivity index (χ3v) is 6.40. The molecular weight excluding hydrogens is 402 g/mol. The average molecular weight is 432 g/mol. The highest BCUT2D eigenvalue weighted by atomic mass is 15.2. The summed E-state index contributed by atoms with van der Waals surface area (Å²) in [5.74, 6) is 2.63. The fourth-order valence-corrected chi connectivity index (χ4v) is 4.69. The topological polar surface area (TPSA) is 99.2 Å². The van der Waals surface area contributed by atoms with Crippen molar-refractivity contribution in [2.24, 2.45) is 0 Å². The van der Waals surface area contributed by atoms with Gasteiger partial charge < -0.3 is 14.5 Å². The zero-order chi connectivity index (χ0) is 22.4. The van der Waals surface area contributed by atoms with Crippen LogP contribution in [0.5, 0.6) is 0 Å². The number of nitrogens with one attached hydrogen (secondary N) is 1. The molecule has 1 aliphatic rings. The number of fused-ring (bicyclic) bond motifs is 2. The Morgan fingerprint density at radius 1 is 1.12 bits per heavy atom. The first-order chi connectivity index (χ1) is 15.5. The van der Waals surface area contributed by atoms with Crippen LogP contribution in [0.4, 0.5) is 5.82 Å². The van der Waals surface area contributed by atoms with Crippen molar-refractivity contribution >= 4 is 17.0 Å². The molecule has 9 nitrogen and oxygen atoms in total. The van der Waals surface area contributed by atoms with Gasteiger partial charge >= 0.3 is 0 Å². The second-order valence-corrected chi connectivity index (χ2v) is 8.75. The van der Waals surface area contributed by atoms with Crippen LogP contribution in [0, 0.1) is 6.92 Å². The minimum atomic E-state index is 0.243. The van der Waals surface area contributed by atoms with Gasteiger partial charge in [0.05, 0.1) is 17.6 Å². The van der Waals surface area contributed by atoms with Crippen molar-refractivity contribution in [3.63, 3.8) is 0 Å². The molecule has 1 aliphatic carbocycles. The van der Waals surface area contributed by atoms with Gasteiger partial charge in [-0.1, -0.05) is 6.92 Å². The number of hydrogen-bond donors (Lipinski definition) is 1. The summed E-state index contributed by atoms with van der Waals surface area (Å²) < 4.78 is 4.39. The SMILES string of the molecule is CCn1c(-c2cnc(C)nc2)nc2c(NC3CCc4ncn(C(C)C)c4C3C)ncnc21. The smallest absolute Gasteiger partial charge is 0.165 e. The largest absolute Gasteiger partial charge is 0.365 e. The number of imidazole rings is 2. The lowest BCUT2D eigenvalue weighted by Gasteiger charge is -2.31. The maximum absolute atomic E-state index is 4.93. The van der Waals surface area contributed by atoms with E-state index >= 15 is 0 Å². The Hall–Kier alpha value is -3.36. The van der Waals surface area contributed by atoms with Gasteiger partial charge in [0.25, 0.3) is 0 Å². The molecular formula is C23H29N9. The summed E-state index contributed by atoms with van der Waals surface area (Å²) in [6.45, 7) is 11.4. The Morgan fingerprint density at radius 2 is 1.91 bits per heavy atom. The van der Waals surface area contributed by atoms with Gasteiger partial charge in [-0.2, -0.15) is 0 Å². The Morgan fingerprint density at radius 3 is 2.62 bits per heavy atom. The third-order valence-electron chi connectivity index (χ3n) is 6.40. The fraction of sp³-hybridized carbons (Fsp3) is 0.478. The summed E-state index contributed by atoms with van der Waals surface area (Å²) in [7, 11) is 0. The van der Waals surface area contributed by atoms with Crippen molar-refractivity contribution in [3.8, 4) is 11.4 Å². The van der Waals surface area contributed by atoms with Crippen LogP contribution in [0.1, 0.15) is 63.3 Å². The Balaban J connectivity index is 1.53. The fourth-order valence-electron chi connectivity index (χ4n) is 4.69. The van der Waals surface area contributed by atoms with Crippen LogP contribution in [-0.4, -0.2) is 45.1 Å². The van der Waals surface area contributed by atoms with Gasteiger partial charge in [-0.3, -0.25) is 0 Å². The highest BCUT2D eigenvalue weighted by Crippen LogP contribution is 2.35. The highest BCUT2D eigenvalue weighted by molar-refractivity contribution is 5.86. The van der Waals surface area contributed by atoms with Gasteiger partial charge in [-0.15, -0.1) is 0 Å². The molecule has 0 saturated heterocycles. The quantitative estimate of drug-likeness (QED) is 0.511. The van der Waals surface area contributed by atoms with Crippen LogP contribution in [0.15, 0.2) is 25.0 Å². The summed E-state index contributed by atoms with van der Waals surface area (Å²) in [4.78, 5) is 27.4. The highest BCUT2D eigenvalue weighted by Gasteiger charge is 2.31. The van der Waals surface area contributed by atoms with E-state index in [1.165, 1.54) is 11.4 Å². The van der Waals surface area contributed by atoms with Crippen molar-refractivity contribution in [1.29, 1.82) is 0 Å². The van der Waals surface area contributed by atoms with Gasteiger partial charge in [-0.05, 0) is 40.5 Å². The van der Waals surface area contributed by atoms with Crippen LogP contribution >= 0.6 is 0 Å². The van der Waals surface area contributed by atoms with Crippen molar-refractivity contribution < 1.29 is 0 Å². The Kier molecular flexibility index (Phi) is 5.11. The zero-order valence-corrected chi connectivity index (χ0v) is 19.2. The number of hydrogen-bond acceptors (Lipinski definition) is 7. The third kappa shape index (κ3) is 3.32. The zero-order valence-electron chi connectivity index (χ0n) is 19.2. The van der Waals surface area contributed by atoms with Crippen LogP contribution in [-0.2, 0) is 13.0 Å². The van der Waals surface area contributed by atoms with E-state index in [1.54, 1.807) is 6.33 Å². The predicted octanol–water partition coefficient (Wildman–Crippen LogP) is 3.92. The minimum absolute atomic E-state index is 0.243. The lowest BCUT2D eigenvalue weighted by Crippen LogP contribution is -2.32. The van der Waals surface area contributed by atoms with Gasteiger partial charge in [0, 0.05) is 42.6 Å². The van der Waals surface area contributed by atoms with Crippen molar-refractivity contribution in [2.45, 2.75) is 72.0 Å². The van der Waals surface area contributed by atoms with E-state index < -0.39 is 0 Å². The molecule has 1 N–H and O–H groups in total. The molecule has 0 saturated carbocycles. The van der Waals surface area contributed by atoms with Crippen LogP contribution in [0.3, 0.4) is 0 Å². The van der Waals surface area contributed by atoms with E-state index in [0.29, 0.717) is 12.0 Å². The predicted molar refractivity (Wildman–Crippen MR) is 124 cm³/mol. The normalized spacial score (nSPS) is 18.3. The van der Waals surface area contributed by atoms with Crippen molar-refractivity contribution in [1.82, 2.24) is 39.0 Å². The number of aryl methyl sites for hydroxylation is 3. The molecule has 4 heterocycles. The standard InChI is InChI=1S/C23H29N9/c1-6-31-22(16-9-24-15(5)25-10-16)30-19-21(26-11-27-23(19)31)29-17-7-8-18-20(14(17)4)32(12-28-18)13(2)3/h9-14,17H,6-8H2,1-5H3,(H,26,27,29). The second-order valence-electron chi connectivity index (χ2n) is 8.75. The van der Waals surface area contributed by atoms with Crippen molar-refractivity contribution in [2.75, 3.05) is 5.32 Å². The molecule has 2 atom stereocenters. The van der Waals surface area contributed by atoms with E-state index in [4.69, 9.17) is 4.98 Å². The van der Waals surface area contributed by atoms with Crippen LogP contribution < -0.4 is 5.32 Å². The molecule has 5 rings (SSSR count). The van der Waals surface area contributed by atoms with Crippen molar-refractivity contribution in [3.05, 3.63) is 42.3 Å². The first-order valence-electron chi connectivity index (χ1n) is 11.3. The van der Waals surface area contributed by atoms with E-state index in [2.05, 4.69) is 67.1 Å². The average Bonchev–Trinajstić information content (AvgIpc) is 3.39. The molecule has 2 unspecified atom stereocenters. The summed E-state index contributed by atoms with van der Waals surface area (Å²) in [5.41, 5.74) is 5.01. The van der Waals surface area contributed by atoms with Gasteiger partial charge in [-0.25, -0.2) is 29.9 Å². The maximum Gasteiger partial charge on any atom is 0.165 e. The molecule has 0 aromatic carbocycles. The maximum atomic E-state index is 4.93. The monoisotopic (exact) mass is 431 g/mol. The summed E-state index contributed by atoms with van der Waals surface area (Å²) in [6, 6.07) is 0.630. The van der Waals surface area contributed by atoms with Gasteiger partial charge in [0.1, 0.15) is 18.0 Å². The molecule has 0 fully saturated rings. The molecule has 166 valence electrons. The summed E-state index contributed by atoms with van der Waals surface area (Å²) >= 11 is 0. The number of nitrogens with zero attached hydrogens (tertiary/aromatic N) is 8. The first kappa shape index (κ1) is 20.5. The summed E-state index contributed by atoms with van der Waals surface area (Å²) in [6.07, 6.45) is 9.19. The molecule has 0 amide bonds. The molecule has 4 aromatic heterocycles. The lowest BCUT2D eigenvalue weighted by molar-refractivity contribution is 0.469. The molecule has 9 heteroatoms. The van der Waals surface area contributed by atoms with Gasteiger partial charge in [0.15, 0.2) is 17.0 Å². The van der Waals surface area contributed by atoms with Crippen LogP contribution in [0.25, 0.3) is 22.6 Å². The Labute approximate surface area is 187 Å². The lowest BCUT2D eigenvalue weighted by atomic mass is 9.86. The first-order valence-corrected chi connectivity index (χ1v) is 11.3. The summed E-state index contributed by atoms with van der Waals surface area (Å²) in [5, 5.41) is 3.70. The molecule has 4 aromatic rings. The van der Waals surface area contributed by atoms with Gasteiger partial charge in [0.2, 0.25) is 0 Å². The van der Waals surface area contributed by atoms with E-state index in [0.717, 1.165) is 53.6 Å². The molecule has 0 radical (unpaired) electrons. The second kappa shape index (κ2) is 7.96. The number of anilines is 1. The molecule has 0 spiro atoms. The van der Waals surface area contributed by atoms with Crippen LogP contribution in [0.2, 0.25) is 0 Å². The molecule has 0 bridgehead atoms. The molecule has 0 aliphatic heterocycles. The Bertz CT molecular complexity index is 1250.